The van der Waals surface area contributed by atoms with Crippen molar-refractivity contribution in [3.8, 4) is 11.8 Å². The highest BCUT2D eigenvalue weighted by Crippen LogP contribution is 2.22. The number of hydrogen-bond donors (Lipinski definition) is 2. The number of aryl methyl sites for hydroxylation is 3. The van der Waals surface area contributed by atoms with E-state index >= 15 is 0 Å². The van der Waals surface area contributed by atoms with Gasteiger partial charge in [0.05, 0.1) is 5.69 Å². The highest BCUT2D eigenvalue weighted by molar-refractivity contribution is 7.15. The SMILES string of the molecule is Cc1ccc(C(=O)Nc2nc(C)c(C)s2)cc1C#CCO. The van der Waals surface area contributed by atoms with Crippen molar-refractivity contribution >= 4 is 22.4 Å². The first-order valence-corrected chi connectivity index (χ1v) is 7.28. The van der Waals surface area contributed by atoms with Crippen molar-refractivity contribution in [3.63, 3.8) is 0 Å². The Kier molecular flexibility index (Phi) is 4.73. The number of aromatic nitrogens is 1. The Morgan fingerprint density at radius 3 is 2.76 bits per heavy atom. The summed E-state index contributed by atoms with van der Waals surface area (Å²) in [5.74, 6) is 5.23. The van der Waals surface area contributed by atoms with E-state index in [0.29, 0.717) is 10.7 Å². The van der Waals surface area contributed by atoms with Crippen LogP contribution in [0.3, 0.4) is 0 Å². The summed E-state index contributed by atoms with van der Waals surface area (Å²) in [6.07, 6.45) is 0. The van der Waals surface area contributed by atoms with Gasteiger partial charge in [-0.25, -0.2) is 4.98 Å². The number of amides is 1. The highest BCUT2D eigenvalue weighted by atomic mass is 32.1. The molecule has 0 radical (unpaired) electrons. The van der Waals surface area contributed by atoms with E-state index in [1.807, 2.05) is 26.8 Å². The molecule has 2 N–H and O–H groups in total. The second kappa shape index (κ2) is 6.53. The molecule has 0 saturated heterocycles. The van der Waals surface area contributed by atoms with Gasteiger partial charge in [-0.3, -0.25) is 10.1 Å². The van der Waals surface area contributed by atoms with Crippen molar-refractivity contribution in [2.45, 2.75) is 20.8 Å². The lowest BCUT2D eigenvalue weighted by Gasteiger charge is -2.04. The molecule has 0 aliphatic carbocycles. The molecule has 21 heavy (non-hydrogen) atoms. The van der Waals surface area contributed by atoms with Crippen LogP contribution in [0.4, 0.5) is 5.13 Å². The van der Waals surface area contributed by atoms with Crippen LogP contribution in [0.5, 0.6) is 0 Å². The van der Waals surface area contributed by atoms with Crippen LogP contribution >= 0.6 is 11.3 Å². The molecule has 2 rings (SSSR count). The summed E-state index contributed by atoms with van der Waals surface area (Å²) in [5, 5.41) is 12.1. The van der Waals surface area contributed by atoms with Crippen LogP contribution < -0.4 is 5.32 Å². The second-order valence-electron chi connectivity index (χ2n) is 4.60. The van der Waals surface area contributed by atoms with Gasteiger partial charge in [0, 0.05) is 16.0 Å². The van der Waals surface area contributed by atoms with E-state index in [1.54, 1.807) is 12.1 Å². The number of anilines is 1. The summed E-state index contributed by atoms with van der Waals surface area (Å²) < 4.78 is 0. The summed E-state index contributed by atoms with van der Waals surface area (Å²) in [7, 11) is 0. The molecule has 1 amide bonds. The number of carbonyl (C=O) groups is 1. The van der Waals surface area contributed by atoms with Crippen molar-refractivity contribution in [1.29, 1.82) is 0 Å². The third kappa shape index (κ3) is 3.69. The fourth-order valence-corrected chi connectivity index (χ4v) is 2.54. The molecule has 1 aromatic carbocycles. The van der Waals surface area contributed by atoms with Crippen LogP contribution in [0.2, 0.25) is 0 Å². The van der Waals surface area contributed by atoms with Crippen molar-refractivity contribution in [1.82, 2.24) is 4.98 Å². The van der Waals surface area contributed by atoms with Gasteiger partial charge in [0.2, 0.25) is 0 Å². The topological polar surface area (TPSA) is 62.2 Å². The molecule has 0 aliphatic rings. The van der Waals surface area contributed by atoms with Crippen LogP contribution in [-0.2, 0) is 0 Å². The number of benzene rings is 1. The first kappa shape index (κ1) is 15.2. The van der Waals surface area contributed by atoms with Gasteiger partial charge in [0.25, 0.3) is 5.91 Å². The fraction of sp³-hybridized carbons (Fsp3) is 0.250. The maximum atomic E-state index is 12.2. The molecular weight excluding hydrogens is 284 g/mol. The van der Waals surface area contributed by atoms with Gasteiger partial charge in [0.15, 0.2) is 5.13 Å². The van der Waals surface area contributed by atoms with E-state index in [2.05, 4.69) is 22.1 Å². The van der Waals surface area contributed by atoms with E-state index < -0.39 is 0 Å². The van der Waals surface area contributed by atoms with Crippen molar-refractivity contribution < 1.29 is 9.90 Å². The number of aliphatic hydroxyl groups is 1. The number of hydrogen-bond acceptors (Lipinski definition) is 4. The zero-order valence-electron chi connectivity index (χ0n) is 12.2. The molecule has 0 atom stereocenters. The van der Waals surface area contributed by atoms with Crippen LogP contribution in [0.1, 0.15) is 32.1 Å². The zero-order chi connectivity index (χ0) is 15.4. The summed E-state index contributed by atoms with van der Waals surface area (Å²) >= 11 is 1.45. The van der Waals surface area contributed by atoms with Gasteiger partial charge in [-0.2, -0.15) is 0 Å². The number of carbonyl (C=O) groups excluding carboxylic acids is 1. The Hall–Kier alpha value is -2.16. The van der Waals surface area contributed by atoms with Gasteiger partial charge < -0.3 is 5.11 Å². The molecule has 4 nitrogen and oxygen atoms in total. The quantitative estimate of drug-likeness (QED) is 0.838. The third-order valence-electron chi connectivity index (χ3n) is 3.05. The third-order valence-corrected chi connectivity index (χ3v) is 4.04. The molecule has 0 unspecified atom stereocenters. The average molecular weight is 300 g/mol. The molecule has 0 aliphatic heterocycles. The van der Waals surface area contributed by atoms with Crippen LogP contribution in [0, 0.1) is 32.6 Å². The number of rotatable bonds is 2. The second-order valence-corrected chi connectivity index (χ2v) is 5.81. The Balaban J connectivity index is 2.23. The smallest absolute Gasteiger partial charge is 0.257 e. The molecule has 0 saturated carbocycles. The van der Waals surface area contributed by atoms with Gasteiger partial charge in [0.1, 0.15) is 6.61 Å². The lowest BCUT2D eigenvalue weighted by Crippen LogP contribution is -2.12. The Labute approximate surface area is 127 Å². The van der Waals surface area contributed by atoms with E-state index in [9.17, 15) is 4.79 Å². The Bertz CT molecular complexity index is 719. The minimum Gasteiger partial charge on any atom is -0.384 e. The van der Waals surface area contributed by atoms with Crippen molar-refractivity contribution in [2.24, 2.45) is 0 Å². The van der Waals surface area contributed by atoms with Crippen LogP contribution in [0.25, 0.3) is 0 Å². The van der Waals surface area contributed by atoms with E-state index in [1.165, 1.54) is 11.3 Å². The van der Waals surface area contributed by atoms with Crippen LogP contribution in [-0.4, -0.2) is 22.6 Å². The first-order chi connectivity index (χ1) is 10.0. The van der Waals surface area contributed by atoms with Gasteiger partial charge in [-0.1, -0.05) is 17.9 Å². The lowest BCUT2D eigenvalue weighted by molar-refractivity contribution is 0.102. The molecule has 0 bridgehead atoms. The van der Waals surface area contributed by atoms with Crippen LogP contribution in [0.15, 0.2) is 18.2 Å². The zero-order valence-corrected chi connectivity index (χ0v) is 13.0. The highest BCUT2D eigenvalue weighted by Gasteiger charge is 2.11. The first-order valence-electron chi connectivity index (χ1n) is 6.47. The van der Waals surface area contributed by atoms with Gasteiger partial charge >= 0.3 is 0 Å². The van der Waals surface area contributed by atoms with Crippen molar-refractivity contribution in [3.05, 3.63) is 45.5 Å². The average Bonchev–Trinajstić information content (AvgIpc) is 2.76. The standard InChI is InChI=1S/C16H16N2O2S/c1-10-6-7-14(9-13(10)5-4-8-19)15(20)18-16-17-11(2)12(3)21-16/h6-7,9,19H,8H2,1-3H3,(H,17,18,20). The molecule has 1 heterocycles. The molecule has 0 spiro atoms. The normalized spacial score (nSPS) is 9.90. The summed E-state index contributed by atoms with van der Waals surface area (Å²) in [6.45, 7) is 5.59. The van der Waals surface area contributed by atoms with E-state index in [-0.39, 0.29) is 12.5 Å². The molecule has 108 valence electrons. The number of aliphatic hydroxyl groups excluding tert-OH is 1. The Morgan fingerprint density at radius 2 is 2.14 bits per heavy atom. The molecule has 5 heteroatoms. The largest absolute Gasteiger partial charge is 0.384 e. The summed E-state index contributed by atoms with van der Waals surface area (Å²) in [5.41, 5.74) is 3.15. The van der Waals surface area contributed by atoms with Crippen molar-refractivity contribution in [2.75, 3.05) is 11.9 Å². The van der Waals surface area contributed by atoms with Gasteiger partial charge in [-0.05, 0) is 38.5 Å². The summed E-state index contributed by atoms with van der Waals surface area (Å²) in [4.78, 5) is 17.6. The Morgan fingerprint density at radius 1 is 1.38 bits per heavy atom. The predicted molar refractivity (Wildman–Crippen MR) is 84.7 cm³/mol. The predicted octanol–water partition coefficient (Wildman–Crippen LogP) is 2.66. The maximum absolute atomic E-state index is 12.2. The number of nitrogens with zero attached hydrogens (tertiary/aromatic N) is 1. The fourth-order valence-electron chi connectivity index (χ4n) is 1.73. The van der Waals surface area contributed by atoms with E-state index in [0.717, 1.165) is 21.7 Å². The maximum Gasteiger partial charge on any atom is 0.257 e. The molecule has 0 fully saturated rings. The number of nitrogens with one attached hydrogen (secondary N) is 1. The molecule has 1 aromatic heterocycles. The minimum atomic E-state index is -0.212. The molecule has 2 aromatic rings. The molecular formula is C16H16N2O2S. The minimum absolute atomic E-state index is 0.201. The summed E-state index contributed by atoms with van der Waals surface area (Å²) in [6, 6.07) is 5.32. The van der Waals surface area contributed by atoms with Gasteiger partial charge in [-0.15, -0.1) is 11.3 Å². The van der Waals surface area contributed by atoms with E-state index in [4.69, 9.17) is 5.11 Å². The lowest BCUT2D eigenvalue weighted by atomic mass is 10.0. The monoisotopic (exact) mass is 300 g/mol. The number of thiazole rings is 1.